The molecule has 1 aromatic rings. The number of ether oxygens (including phenoxy) is 1. The zero-order valence-electron chi connectivity index (χ0n) is 7.75. The topological polar surface area (TPSA) is 63.0 Å². The Morgan fingerprint density at radius 3 is 2.80 bits per heavy atom. The van der Waals surface area contributed by atoms with Crippen molar-refractivity contribution in [3.63, 3.8) is 0 Å². The predicted octanol–water partition coefficient (Wildman–Crippen LogP) is 2.44. The number of hydrogen-bond acceptors (Lipinski definition) is 4. The molecular weight excluding hydrogens is 239 g/mol. The van der Waals surface area contributed by atoms with Crippen LogP contribution in [0.15, 0.2) is 6.07 Å². The fraction of sp³-hybridized carbons (Fsp3) is 0.222. The van der Waals surface area contributed by atoms with Gasteiger partial charge in [0.05, 0.1) is 17.7 Å². The lowest BCUT2D eigenvalue weighted by Gasteiger charge is -2.04. The molecule has 0 bridgehead atoms. The number of esters is 1. The van der Waals surface area contributed by atoms with Crippen LogP contribution in [0.4, 0.5) is 0 Å². The van der Waals surface area contributed by atoms with Crippen LogP contribution in [0.5, 0.6) is 0 Å². The number of carbonyl (C=O) groups is 1. The van der Waals surface area contributed by atoms with Gasteiger partial charge in [-0.1, -0.05) is 23.2 Å². The summed E-state index contributed by atoms with van der Waals surface area (Å²) < 4.78 is 4.73. The Kier molecular flexibility index (Phi) is 3.89. The standard InChI is InChI=1S/C9H6Cl2N2O2/c1-2-15-9(14)6-3-5(4-12)7(10)13-8(6)11/h3H,2H2,1H3. The summed E-state index contributed by atoms with van der Waals surface area (Å²) in [6.07, 6.45) is 0. The molecule has 0 aromatic carbocycles. The van der Waals surface area contributed by atoms with Crippen molar-refractivity contribution in [1.29, 1.82) is 5.26 Å². The smallest absolute Gasteiger partial charge is 0.341 e. The average molecular weight is 245 g/mol. The maximum absolute atomic E-state index is 11.3. The third-order valence-electron chi connectivity index (χ3n) is 1.55. The summed E-state index contributed by atoms with van der Waals surface area (Å²) in [5.41, 5.74) is 0.128. The van der Waals surface area contributed by atoms with Crippen LogP contribution in [0, 0.1) is 11.3 Å². The molecule has 15 heavy (non-hydrogen) atoms. The van der Waals surface area contributed by atoms with Crippen LogP contribution >= 0.6 is 23.2 Å². The third kappa shape index (κ3) is 2.58. The first-order chi connectivity index (χ1) is 7.10. The van der Waals surface area contributed by atoms with E-state index in [4.69, 9.17) is 33.2 Å². The summed E-state index contributed by atoms with van der Waals surface area (Å²) in [6.45, 7) is 1.89. The lowest BCUT2D eigenvalue weighted by Crippen LogP contribution is -2.07. The zero-order chi connectivity index (χ0) is 11.4. The normalized spacial score (nSPS) is 9.47. The van der Waals surface area contributed by atoms with Gasteiger partial charge in [-0.25, -0.2) is 9.78 Å². The molecule has 0 fully saturated rings. The Morgan fingerprint density at radius 1 is 1.60 bits per heavy atom. The van der Waals surface area contributed by atoms with E-state index in [1.807, 2.05) is 0 Å². The highest BCUT2D eigenvalue weighted by molar-refractivity contribution is 6.35. The Balaban J connectivity index is 3.20. The molecule has 78 valence electrons. The molecule has 0 unspecified atom stereocenters. The Morgan fingerprint density at radius 2 is 2.27 bits per heavy atom. The molecule has 0 spiro atoms. The van der Waals surface area contributed by atoms with Crippen LogP contribution in [0.25, 0.3) is 0 Å². The van der Waals surface area contributed by atoms with Gasteiger partial charge in [0.15, 0.2) is 0 Å². The van der Waals surface area contributed by atoms with Gasteiger partial charge in [-0.2, -0.15) is 5.26 Å². The highest BCUT2D eigenvalue weighted by Gasteiger charge is 2.16. The molecule has 0 aliphatic carbocycles. The lowest BCUT2D eigenvalue weighted by atomic mass is 10.2. The Hall–Kier alpha value is -1.31. The van der Waals surface area contributed by atoms with Gasteiger partial charge in [-0.15, -0.1) is 0 Å². The number of pyridine rings is 1. The minimum atomic E-state index is -0.622. The molecule has 0 radical (unpaired) electrons. The number of carbonyl (C=O) groups excluding carboxylic acids is 1. The van der Waals surface area contributed by atoms with E-state index in [0.29, 0.717) is 0 Å². The van der Waals surface area contributed by atoms with Crippen molar-refractivity contribution in [3.8, 4) is 6.07 Å². The van der Waals surface area contributed by atoms with Crippen LogP contribution < -0.4 is 0 Å². The van der Waals surface area contributed by atoms with Crippen molar-refractivity contribution in [2.45, 2.75) is 6.92 Å². The quantitative estimate of drug-likeness (QED) is 0.592. The maximum Gasteiger partial charge on any atom is 0.341 e. The van der Waals surface area contributed by atoms with Crippen molar-refractivity contribution >= 4 is 29.2 Å². The van der Waals surface area contributed by atoms with Gasteiger partial charge in [0.25, 0.3) is 0 Å². The molecule has 0 amide bonds. The molecule has 0 saturated carbocycles. The zero-order valence-corrected chi connectivity index (χ0v) is 9.26. The average Bonchev–Trinajstić information content (AvgIpc) is 2.18. The molecule has 6 heteroatoms. The number of nitrogens with zero attached hydrogens (tertiary/aromatic N) is 2. The first-order valence-electron chi connectivity index (χ1n) is 4.03. The molecule has 0 aliphatic heterocycles. The fourth-order valence-corrected chi connectivity index (χ4v) is 1.34. The first-order valence-corrected chi connectivity index (χ1v) is 4.79. The van der Waals surface area contributed by atoms with Gasteiger partial charge in [-0.05, 0) is 13.0 Å². The Bertz CT molecular complexity index is 440. The van der Waals surface area contributed by atoms with Crippen molar-refractivity contribution < 1.29 is 9.53 Å². The fourth-order valence-electron chi connectivity index (χ4n) is 0.900. The van der Waals surface area contributed by atoms with E-state index < -0.39 is 5.97 Å². The highest BCUT2D eigenvalue weighted by Crippen LogP contribution is 2.21. The van der Waals surface area contributed by atoms with Crippen molar-refractivity contribution in [3.05, 3.63) is 27.5 Å². The van der Waals surface area contributed by atoms with E-state index in [9.17, 15) is 4.79 Å². The summed E-state index contributed by atoms with van der Waals surface area (Å²) in [4.78, 5) is 15.0. The molecule has 0 saturated heterocycles. The molecule has 1 rings (SSSR count). The van der Waals surface area contributed by atoms with Crippen LogP contribution in [0.2, 0.25) is 10.3 Å². The molecule has 4 nitrogen and oxygen atoms in total. The summed E-state index contributed by atoms with van der Waals surface area (Å²) in [5, 5.41) is 8.57. The van der Waals surface area contributed by atoms with E-state index in [-0.39, 0.29) is 28.0 Å². The van der Waals surface area contributed by atoms with Crippen molar-refractivity contribution in [1.82, 2.24) is 4.98 Å². The van der Waals surface area contributed by atoms with E-state index in [2.05, 4.69) is 4.98 Å². The first kappa shape index (κ1) is 11.8. The van der Waals surface area contributed by atoms with Gasteiger partial charge < -0.3 is 4.74 Å². The second-order valence-corrected chi connectivity index (χ2v) is 3.21. The summed E-state index contributed by atoms with van der Waals surface area (Å²) >= 11 is 11.3. The van der Waals surface area contributed by atoms with Gasteiger partial charge in [-0.3, -0.25) is 0 Å². The van der Waals surface area contributed by atoms with Crippen LogP contribution in [0.1, 0.15) is 22.8 Å². The maximum atomic E-state index is 11.3. The molecule has 0 aliphatic rings. The number of hydrogen-bond donors (Lipinski definition) is 0. The summed E-state index contributed by atoms with van der Waals surface area (Å²) in [6, 6.07) is 3.06. The second-order valence-electron chi connectivity index (χ2n) is 2.50. The molecule has 0 N–H and O–H groups in total. The van der Waals surface area contributed by atoms with Crippen LogP contribution in [-0.4, -0.2) is 17.6 Å². The van der Waals surface area contributed by atoms with Gasteiger partial charge >= 0.3 is 5.97 Å². The van der Waals surface area contributed by atoms with Crippen LogP contribution in [0.3, 0.4) is 0 Å². The van der Waals surface area contributed by atoms with E-state index in [0.717, 1.165) is 0 Å². The number of rotatable bonds is 2. The van der Waals surface area contributed by atoms with E-state index in [1.54, 1.807) is 13.0 Å². The molecule has 1 aromatic heterocycles. The minimum absolute atomic E-state index is 0.0319. The largest absolute Gasteiger partial charge is 0.462 e. The second kappa shape index (κ2) is 4.96. The van der Waals surface area contributed by atoms with Crippen molar-refractivity contribution in [2.24, 2.45) is 0 Å². The van der Waals surface area contributed by atoms with Gasteiger partial charge in [0.2, 0.25) is 0 Å². The van der Waals surface area contributed by atoms with Crippen LogP contribution in [-0.2, 0) is 4.74 Å². The number of nitriles is 1. The predicted molar refractivity (Wildman–Crippen MR) is 54.9 cm³/mol. The van der Waals surface area contributed by atoms with Gasteiger partial charge in [0.1, 0.15) is 16.4 Å². The van der Waals surface area contributed by atoms with Crippen molar-refractivity contribution in [2.75, 3.05) is 6.61 Å². The lowest BCUT2D eigenvalue weighted by molar-refractivity contribution is 0.0526. The monoisotopic (exact) mass is 244 g/mol. The SMILES string of the molecule is CCOC(=O)c1cc(C#N)c(Cl)nc1Cl. The summed E-state index contributed by atoms with van der Waals surface area (Å²) in [5.74, 6) is -0.622. The number of halogens is 2. The van der Waals surface area contributed by atoms with E-state index in [1.165, 1.54) is 6.07 Å². The Labute approximate surface area is 96.4 Å². The molecule has 0 atom stereocenters. The van der Waals surface area contributed by atoms with E-state index >= 15 is 0 Å². The van der Waals surface area contributed by atoms with Gasteiger partial charge in [0, 0.05) is 0 Å². The third-order valence-corrected chi connectivity index (χ3v) is 2.12. The number of aromatic nitrogens is 1. The summed E-state index contributed by atoms with van der Waals surface area (Å²) in [7, 11) is 0. The highest BCUT2D eigenvalue weighted by atomic mass is 35.5. The molecular formula is C9H6Cl2N2O2. The minimum Gasteiger partial charge on any atom is -0.462 e. The molecule has 1 heterocycles.